The molecule has 0 radical (unpaired) electrons. The zero-order valence-electron chi connectivity index (χ0n) is 12.5. The van der Waals surface area contributed by atoms with Gasteiger partial charge in [-0.15, -0.1) is 0 Å². The smallest absolute Gasteiger partial charge is 0.0110 e. The minimum Gasteiger partial charge on any atom is -0.315 e. The van der Waals surface area contributed by atoms with Gasteiger partial charge in [-0.1, -0.05) is 0 Å². The second kappa shape index (κ2) is 4.73. The first-order valence-electron chi connectivity index (χ1n) is 8.67. The Morgan fingerprint density at radius 2 is 1.63 bits per heavy atom. The van der Waals surface area contributed by atoms with Gasteiger partial charge in [-0.05, 0) is 81.6 Å². The Balaban J connectivity index is 1.49. The summed E-state index contributed by atoms with van der Waals surface area (Å²) < 4.78 is 0. The summed E-state index contributed by atoms with van der Waals surface area (Å²) in [5.74, 6) is 3.31. The Hall–Kier alpha value is -0.0800. The highest BCUT2D eigenvalue weighted by atomic mass is 15.2. The Morgan fingerprint density at radius 1 is 1.00 bits per heavy atom. The molecule has 1 aliphatic heterocycles. The van der Waals surface area contributed by atoms with E-state index in [0.29, 0.717) is 0 Å². The second-order valence-electron chi connectivity index (χ2n) is 8.28. The van der Waals surface area contributed by atoms with E-state index in [-0.39, 0.29) is 0 Å². The van der Waals surface area contributed by atoms with Crippen LogP contribution in [0.25, 0.3) is 0 Å². The third-order valence-electron chi connectivity index (χ3n) is 6.64. The maximum Gasteiger partial charge on any atom is 0.0110 e. The highest BCUT2D eigenvalue weighted by Gasteiger charge is 2.51. The van der Waals surface area contributed by atoms with Crippen LogP contribution in [0.5, 0.6) is 0 Å². The minimum atomic E-state index is 0.730. The lowest BCUT2D eigenvalue weighted by molar-refractivity contribution is -0.0728. The van der Waals surface area contributed by atoms with Crippen molar-refractivity contribution < 1.29 is 0 Å². The van der Waals surface area contributed by atoms with Crippen molar-refractivity contribution in [2.45, 2.75) is 57.9 Å². The molecule has 1 N–H and O–H groups in total. The standard InChI is InChI=1S/C17H30N2/c1-13-2-3-18-4-5-19(13)12-17-9-14-6-15(10-17)8-16(7-14)11-17/h13-16,18H,2-12H2,1H3. The fraction of sp³-hybridized carbons (Fsp3) is 1.00. The SMILES string of the molecule is CC1CCNCCN1CC12CC3CC(CC(C3)C1)C2. The Bertz CT molecular complexity index is 303. The van der Waals surface area contributed by atoms with Crippen molar-refractivity contribution in [1.29, 1.82) is 0 Å². The largest absolute Gasteiger partial charge is 0.315 e. The fourth-order valence-corrected chi connectivity index (χ4v) is 6.21. The number of rotatable bonds is 2. The van der Waals surface area contributed by atoms with E-state index in [4.69, 9.17) is 0 Å². The molecular formula is C17H30N2. The molecule has 108 valence electrons. The first kappa shape index (κ1) is 12.6. The zero-order valence-corrected chi connectivity index (χ0v) is 12.5. The molecule has 5 fully saturated rings. The summed E-state index contributed by atoms with van der Waals surface area (Å²) >= 11 is 0. The van der Waals surface area contributed by atoms with Gasteiger partial charge in [0, 0.05) is 25.7 Å². The summed E-state index contributed by atoms with van der Waals surface area (Å²) in [6.45, 7) is 7.57. The summed E-state index contributed by atoms with van der Waals surface area (Å²) in [5.41, 5.74) is 0.730. The summed E-state index contributed by atoms with van der Waals surface area (Å²) in [4.78, 5) is 2.83. The molecule has 5 rings (SSSR count). The van der Waals surface area contributed by atoms with E-state index in [9.17, 15) is 0 Å². The Labute approximate surface area is 118 Å². The van der Waals surface area contributed by atoms with E-state index >= 15 is 0 Å². The van der Waals surface area contributed by atoms with Gasteiger partial charge in [0.1, 0.15) is 0 Å². The predicted molar refractivity (Wildman–Crippen MR) is 79.1 cm³/mol. The van der Waals surface area contributed by atoms with E-state index in [1.54, 1.807) is 38.5 Å². The molecule has 1 heterocycles. The topological polar surface area (TPSA) is 15.3 Å². The molecule has 4 bridgehead atoms. The molecule has 1 atom stereocenters. The highest BCUT2D eigenvalue weighted by Crippen LogP contribution is 2.60. The van der Waals surface area contributed by atoms with Crippen molar-refractivity contribution >= 4 is 0 Å². The van der Waals surface area contributed by atoms with E-state index in [1.165, 1.54) is 32.6 Å². The van der Waals surface area contributed by atoms with Gasteiger partial charge in [0.05, 0.1) is 0 Å². The molecule has 4 aliphatic carbocycles. The average molecular weight is 262 g/mol. The summed E-state index contributed by atoms with van der Waals surface area (Å²) in [6.07, 6.45) is 10.8. The second-order valence-corrected chi connectivity index (χ2v) is 8.28. The van der Waals surface area contributed by atoms with Gasteiger partial charge < -0.3 is 5.32 Å². The summed E-state index contributed by atoms with van der Waals surface area (Å²) in [5, 5.41) is 3.57. The predicted octanol–water partition coefficient (Wildman–Crippen LogP) is 2.89. The number of hydrogen-bond acceptors (Lipinski definition) is 2. The van der Waals surface area contributed by atoms with Crippen LogP contribution in [-0.2, 0) is 0 Å². The molecule has 0 spiro atoms. The highest BCUT2D eigenvalue weighted by molar-refractivity contribution is 5.03. The molecule has 2 heteroatoms. The third kappa shape index (κ3) is 2.35. The molecule has 0 aromatic heterocycles. The van der Waals surface area contributed by atoms with Gasteiger partial charge in [-0.2, -0.15) is 0 Å². The van der Waals surface area contributed by atoms with Gasteiger partial charge in [0.25, 0.3) is 0 Å². The molecule has 0 aromatic carbocycles. The molecule has 5 aliphatic rings. The van der Waals surface area contributed by atoms with Crippen LogP contribution in [0.1, 0.15) is 51.9 Å². The van der Waals surface area contributed by atoms with Crippen LogP contribution < -0.4 is 5.32 Å². The lowest BCUT2D eigenvalue weighted by Crippen LogP contribution is -2.52. The lowest BCUT2D eigenvalue weighted by atomic mass is 9.49. The molecule has 19 heavy (non-hydrogen) atoms. The van der Waals surface area contributed by atoms with Crippen molar-refractivity contribution in [3.8, 4) is 0 Å². The molecule has 2 nitrogen and oxygen atoms in total. The van der Waals surface area contributed by atoms with E-state index in [0.717, 1.165) is 29.2 Å². The molecule has 1 unspecified atom stereocenters. The van der Waals surface area contributed by atoms with Crippen LogP contribution in [-0.4, -0.2) is 37.1 Å². The van der Waals surface area contributed by atoms with Crippen molar-refractivity contribution in [3.63, 3.8) is 0 Å². The van der Waals surface area contributed by atoms with Crippen molar-refractivity contribution in [1.82, 2.24) is 10.2 Å². The first-order chi connectivity index (χ1) is 9.22. The third-order valence-corrected chi connectivity index (χ3v) is 6.64. The van der Waals surface area contributed by atoms with Crippen LogP contribution >= 0.6 is 0 Å². The number of hydrogen-bond donors (Lipinski definition) is 1. The molecule has 4 saturated carbocycles. The van der Waals surface area contributed by atoms with Gasteiger partial charge in [0.2, 0.25) is 0 Å². The maximum atomic E-state index is 3.57. The maximum absolute atomic E-state index is 3.57. The van der Waals surface area contributed by atoms with Crippen molar-refractivity contribution in [3.05, 3.63) is 0 Å². The van der Waals surface area contributed by atoms with Gasteiger partial charge in [-0.3, -0.25) is 4.90 Å². The number of nitrogens with zero attached hydrogens (tertiary/aromatic N) is 1. The van der Waals surface area contributed by atoms with Crippen LogP contribution in [0.3, 0.4) is 0 Å². The van der Waals surface area contributed by atoms with Crippen molar-refractivity contribution in [2.75, 3.05) is 26.2 Å². The van der Waals surface area contributed by atoms with E-state index < -0.39 is 0 Å². The van der Waals surface area contributed by atoms with Crippen LogP contribution in [0, 0.1) is 23.2 Å². The molecule has 0 amide bonds. The van der Waals surface area contributed by atoms with E-state index in [2.05, 4.69) is 17.1 Å². The van der Waals surface area contributed by atoms with Crippen molar-refractivity contribution in [2.24, 2.45) is 23.2 Å². The monoisotopic (exact) mass is 262 g/mol. The van der Waals surface area contributed by atoms with Gasteiger partial charge in [-0.25, -0.2) is 0 Å². The molecule has 1 saturated heterocycles. The number of nitrogens with one attached hydrogen (secondary N) is 1. The van der Waals surface area contributed by atoms with Crippen LogP contribution in [0.2, 0.25) is 0 Å². The van der Waals surface area contributed by atoms with Crippen LogP contribution in [0.4, 0.5) is 0 Å². The molecular weight excluding hydrogens is 232 g/mol. The van der Waals surface area contributed by atoms with Gasteiger partial charge >= 0.3 is 0 Å². The van der Waals surface area contributed by atoms with Crippen LogP contribution in [0.15, 0.2) is 0 Å². The normalized spacial score (nSPS) is 50.4. The average Bonchev–Trinajstić information content (AvgIpc) is 2.53. The lowest BCUT2D eigenvalue weighted by Gasteiger charge is -2.58. The first-order valence-corrected chi connectivity index (χ1v) is 8.67. The fourth-order valence-electron chi connectivity index (χ4n) is 6.21. The van der Waals surface area contributed by atoms with E-state index in [1.807, 2.05) is 0 Å². The quantitative estimate of drug-likeness (QED) is 0.823. The summed E-state index contributed by atoms with van der Waals surface area (Å²) in [7, 11) is 0. The minimum absolute atomic E-state index is 0.730. The Morgan fingerprint density at radius 3 is 2.26 bits per heavy atom. The van der Waals surface area contributed by atoms with Gasteiger partial charge in [0.15, 0.2) is 0 Å². The Kier molecular flexibility index (Phi) is 3.15. The molecule has 0 aromatic rings. The zero-order chi connectivity index (χ0) is 12.9. The summed E-state index contributed by atoms with van der Waals surface area (Å²) in [6, 6.07) is 0.794.